The van der Waals surface area contributed by atoms with Crippen LogP contribution < -0.4 is 0 Å². The van der Waals surface area contributed by atoms with Gasteiger partial charge in [0.2, 0.25) is 0 Å². The van der Waals surface area contributed by atoms with Crippen LogP contribution in [-0.4, -0.2) is 5.11 Å². The fourth-order valence-corrected chi connectivity index (χ4v) is 1.26. The topological polar surface area (TPSA) is 20.2 Å². The van der Waals surface area contributed by atoms with Crippen molar-refractivity contribution >= 4 is 0 Å². The van der Waals surface area contributed by atoms with Crippen LogP contribution in [0, 0.1) is 11.3 Å². The van der Waals surface area contributed by atoms with Crippen LogP contribution >= 0.6 is 0 Å². The molecule has 1 aliphatic carbocycles. The molecular formula is C9H16O. The van der Waals surface area contributed by atoms with Crippen molar-refractivity contribution in [3.8, 4) is 0 Å². The van der Waals surface area contributed by atoms with Gasteiger partial charge in [-0.25, -0.2) is 0 Å². The van der Waals surface area contributed by atoms with Gasteiger partial charge in [0.05, 0.1) is 5.76 Å². The molecule has 0 unspecified atom stereocenters. The summed E-state index contributed by atoms with van der Waals surface area (Å²) in [5, 5.41) is 9.17. The lowest BCUT2D eigenvalue weighted by molar-refractivity contribution is 0.186. The van der Waals surface area contributed by atoms with Crippen molar-refractivity contribution in [2.24, 2.45) is 11.3 Å². The molecular weight excluding hydrogens is 124 g/mol. The summed E-state index contributed by atoms with van der Waals surface area (Å²) >= 11 is 0. The molecule has 0 saturated heterocycles. The summed E-state index contributed by atoms with van der Waals surface area (Å²) in [4.78, 5) is 0. The van der Waals surface area contributed by atoms with Gasteiger partial charge in [-0.1, -0.05) is 20.8 Å². The molecule has 1 aliphatic rings. The predicted octanol–water partition coefficient (Wildman–Crippen LogP) is 2.88. The zero-order valence-electron chi connectivity index (χ0n) is 7.02. The second-order valence-corrected chi connectivity index (χ2v) is 3.99. The first-order chi connectivity index (χ1) is 4.52. The van der Waals surface area contributed by atoms with Crippen LogP contribution in [0.25, 0.3) is 0 Å². The van der Waals surface area contributed by atoms with Crippen molar-refractivity contribution in [1.29, 1.82) is 0 Å². The van der Waals surface area contributed by atoms with Crippen molar-refractivity contribution < 1.29 is 5.11 Å². The van der Waals surface area contributed by atoms with Crippen LogP contribution in [0.15, 0.2) is 11.8 Å². The molecule has 1 nitrogen and oxygen atoms in total. The molecule has 1 heteroatoms. The van der Waals surface area contributed by atoms with Gasteiger partial charge in [-0.15, -0.1) is 0 Å². The third-order valence-corrected chi connectivity index (χ3v) is 2.71. The molecule has 0 aromatic rings. The lowest BCUT2D eigenvalue weighted by atomic mass is 9.72. The first-order valence-electron chi connectivity index (χ1n) is 3.90. The standard InChI is InChI=1S/C9H16O/c1-7-6-8(10)4-5-9(7,2)3/h4,7,10H,5-6H2,1-3H3/t7-/m0/s1. The normalized spacial score (nSPS) is 31.5. The van der Waals surface area contributed by atoms with E-state index in [2.05, 4.69) is 20.8 Å². The second kappa shape index (κ2) is 2.30. The molecule has 0 bridgehead atoms. The molecule has 1 N–H and O–H groups in total. The highest BCUT2D eigenvalue weighted by molar-refractivity contribution is 5.02. The monoisotopic (exact) mass is 140 g/mol. The van der Waals surface area contributed by atoms with Gasteiger partial charge < -0.3 is 5.11 Å². The number of aliphatic hydroxyl groups excluding tert-OH is 1. The smallest absolute Gasteiger partial charge is 0.0885 e. The largest absolute Gasteiger partial charge is 0.513 e. The number of aliphatic hydroxyl groups is 1. The quantitative estimate of drug-likeness (QED) is 0.548. The van der Waals surface area contributed by atoms with E-state index in [1.54, 1.807) is 0 Å². The van der Waals surface area contributed by atoms with Gasteiger partial charge >= 0.3 is 0 Å². The number of hydrogen-bond acceptors (Lipinski definition) is 1. The lowest BCUT2D eigenvalue weighted by Crippen LogP contribution is -2.24. The molecule has 0 radical (unpaired) electrons. The Kier molecular flexibility index (Phi) is 1.76. The van der Waals surface area contributed by atoms with E-state index < -0.39 is 0 Å². The molecule has 1 rings (SSSR count). The van der Waals surface area contributed by atoms with Gasteiger partial charge in [0.1, 0.15) is 0 Å². The summed E-state index contributed by atoms with van der Waals surface area (Å²) in [6.45, 7) is 6.70. The van der Waals surface area contributed by atoms with Crippen LogP contribution in [-0.2, 0) is 0 Å². The van der Waals surface area contributed by atoms with Crippen molar-refractivity contribution in [3.05, 3.63) is 11.8 Å². The van der Waals surface area contributed by atoms with Gasteiger partial charge in [0.15, 0.2) is 0 Å². The number of rotatable bonds is 0. The van der Waals surface area contributed by atoms with E-state index in [1.165, 1.54) is 0 Å². The third-order valence-electron chi connectivity index (χ3n) is 2.71. The van der Waals surface area contributed by atoms with Crippen LogP contribution in [0.4, 0.5) is 0 Å². The summed E-state index contributed by atoms with van der Waals surface area (Å²) in [6, 6.07) is 0. The fraction of sp³-hybridized carbons (Fsp3) is 0.778. The summed E-state index contributed by atoms with van der Waals surface area (Å²) in [7, 11) is 0. The highest BCUT2D eigenvalue weighted by Crippen LogP contribution is 2.38. The molecule has 0 fully saturated rings. The Labute approximate surface area is 62.8 Å². The molecule has 0 aliphatic heterocycles. The second-order valence-electron chi connectivity index (χ2n) is 3.99. The van der Waals surface area contributed by atoms with Crippen molar-refractivity contribution in [1.82, 2.24) is 0 Å². The highest BCUT2D eigenvalue weighted by atomic mass is 16.3. The fourth-order valence-electron chi connectivity index (χ4n) is 1.26. The third kappa shape index (κ3) is 1.34. The molecule has 58 valence electrons. The Morgan fingerprint density at radius 2 is 2.20 bits per heavy atom. The maximum atomic E-state index is 9.17. The summed E-state index contributed by atoms with van der Waals surface area (Å²) in [6.07, 6.45) is 3.81. The van der Waals surface area contributed by atoms with Gasteiger partial charge in [0.25, 0.3) is 0 Å². The first-order valence-corrected chi connectivity index (χ1v) is 3.90. The van der Waals surface area contributed by atoms with Crippen LogP contribution in [0.3, 0.4) is 0 Å². The van der Waals surface area contributed by atoms with Crippen molar-refractivity contribution in [2.45, 2.75) is 33.6 Å². The van der Waals surface area contributed by atoms with E-state index in [9.17, 15) is 5.11 Å². The maximum absolute atomic E-state index is 9.17. The number of allylic oxidation sites excluding steroid dienone is 2. The molecule has 0 saturated carbocycles. The molecule has 0 amide bonds. The number of hydrogen-bond donors (Lipinski definition) is 1. The Morgan fingerprint density at radius 1 is 1.60 bits per heavy atom. The van der Waals surface area contributed by atoms with Crippen LogP contribution in [0.5, 0.6) is 0 Å². The van der Waals surface area contributed by atoms with Crippen molar-refractivity contribution in [3.63, 3.8) is 0 Å². The zero-order chi connectivity index (χ0) is 7.78. The Balaban J connectivity index is 2.70. The van der Waals surface area contributed by atoms with E-state index in [0.717, 1.165) is 12.8 Å². The van der Waals surface area contributed by atoms with Gasteiger partial charge in [-0.2, -0.15) is 0 Å². The SMILES string of the molecule is C[C@H]1CC(O)=CCC1(C)C. The van der Waals surface area contributed by atoms with E-state index in [0.29, 0.717) is 17.1 Å². The molecule has 0 spiro atoms. The Morgan fingerprint density at radius 3 is 2.60 bits per heavy atom. The lowest BCUT2D eigenvalue weighted by Gasteiger charge is -2.34. The minimum Gasteiger partial charge on any atom is -0.513 e. The van der Waals surface area contributed by atoms with E-state index in [4.69, 9.17) is 0 Å². The Bertz CT molecular complexity index is 156. The maximum Gasteiger partial charge on any atom is 0.0885 e. The molecule has 1 atom stereocenters. The molecule has 0 aromatic heterocycles. The molecule has 0 aromatic carbocycles. The first kappa shape index (κ1) is 7.64. The summed E-state index contributed by atoms with van der Waals surface area (Å²) in [5.41, 5.74) is 0.381. The Hall–Kier alpha value is -0.460. The van der Waals surface area contributed by atoms with Gasteiger partial charge in [-0.05, 0) is 23.8 Å². The van der Waals surface area contributed by atoms with E-state index in [1.807, 2.05) is 6.08 Å². The zero-order valence-corrected chi connectivity index (χ0v) is 7.02. The average molecular weight is 140 g/mol. The van der Waals surface area contributed by atoms with E-state index >= 15 is 0 Å². The van der Waals surface area contributed by atoms with E-state index in [-0.39, 0.29) is 0 Å². The predicted molar refractivity (Wildman–Crippen MR) is 42.9 cm³/mol. The average Bonchev–Trinajstić information content (AvgIpc) is 1.81. The molecule has 10 heavy (non-hydrogen) atoms. The van der Waals surface area contributed by atoms with Crippen LogP contribution in [0.2, 0.25) is 0 Å². The minimum atomic E-state index is 0.381. The van der Waals surface area contributed by atoms with Gasteiger partial charge in [-0.3, -0.25) is 0 Å². The summed E-state index contributed by atoms with van der Waals surface area (Å²) < 4.78 is 0. The minimum absolute atomic E-state index is 0.381. The summed E-state index contributed by atoms with van der Waals surface area (Å²) in [5.74, 6) is 1.18. The highest BCUT2D eigenvalue weighted by Gasteiger charge is 2.28. The van der Waals surface area contributed by atoms with Crippen molar-refractivity contribution in [2.75, 3.05) is 0 Å². The molecule has 0 heterocycles. The van der Waals surface area contributed by atoms with Crippen LogP contribution in [0.1, 0.15) is 33.6 Å². The van der Waals surface area contributed by atoms with Gasteiger partial charge in [0, 0.05) is 6.42 Å².